The van der Waals surface area contributed by atoms with E-state index in [4.69, 9.17) is 4.74 Å². The van der Waals surface area contributed by atoms with Crippen LogP contribution in [0.15, 0.2) is 28.6 Å². The summed E-state index contributed by atoms with van der Waals surface area (Å²) >= 11 is 3.04. The van der Waals surface area contributed by atoms with Gasteiger partial charge in [-0.2, -0.15) is 0 Å². The SMILES string of the molecule is CCCOc1ccc(C(=O)Nc2nnc(SCCC)s2)cc1. The summed E-state index contributed by atoms with van der Waals surface area (Å²) in [5, 5.41) is 11.3. The highest BCUT2D eigenvalue weighted by Gasteiger charge is 2.10. The number of anilines is 1. The molecule has 0 fully saturated rings. The number of hydrogen-bond donors (Lipinski definition) is 1. The number of ether oxygens (including phenoxy) is 1. The first-order valence-electron chi connectivity index (χ1n) is 7.23. The van der Waals surface area contributed by atoms with Crippen molar-refractivity contribution in [2.24, 2.45) is 0 Å². The molecule has 1 amide bonds. The molecule has 0 aliphatic carbocycles. The van der Waals surface area contributed by atoms with Crippen molar-refractivity contribution >= 4 is 34.1 Å². The van der Waals surface area contributed by atoms with E-state index in [1.807, 2.05) is 0 Å². The van der Waals surface area contributed by atoms with Crippen molar-refractivity contribution in [1.82, 2.24) is 10.2 Å². The van der Waals surface area contributed by atoms with E-state index in [9.17, 15) is 4.79 Å². The minimum absolute atomic E-state index is 0.190. The average molecular weight is 337 g/mol. The molecular formula is C15H19N3O2S2. The molecule has 5 nitrogen and oxygen atoms in total. The molecule has 7 heteroatoms. The minimum Gasteiger partial charge on any atom is -0.494 e. The zero-order valence-corrected chi connectivity index (χ0v) is 14.3. The molecule has 1 N–H and O–H groups in total. The first-order chi connectivity index (χ1) is 10.7. The van der Waals surface area contributed by atoms with Gasteiger partial charge in [0.1, 0.15) is 5.75 Å². The Kier molecular flexibility index (Phi) is 6.67. The van der Waals surface area contributed by atoms with Crippen molar-refractivity contribution < 1.29 is 9.53 Å². The van der Waals surface area contributed by atoms with E-state index in [-0.39, 0.29) is 5.91 Å². The van der Waals surface area contributed by atoms with E-state index in [1.54, 1.807) is 36.0 Å². The summed E-state index contributed by atoms with van der Waals surface area (Å²) in [7, 11) is 0. The van der Waals surface area contributed by atoms with Gasteiger partial charge in [-0.1, -0.05) is 36.9 Å². The molecule has 2 rings (SSSR count). The molecule has 2 aromatic rings. The van der Waals surface area contributed by atoms with Gasteiger partial charge in [0.15, 0.2) is 4.34 Å². The van der Waals surface area contributed by atoms with Crippen LogP contribution in [0.25, 0.3) is 0 Å². The Balaban J connectivity index is 1.92. The molecule has 0 unspecified atom stereocenters. The van der Waals surface area contributed by atoms with Crippen LogP contribution < -0.4 is 10.1 Å². The third-order valence-corrected chi connectivity index (χ3v) is 4.82. The molecular weight excluding hydrogens is 318 g/mol. The maximum Gasteiger partial charge on any atom is 0.257 e. The molecule has 0 bridgehead atoms. The van der Waals surface area contributed by atoms with Gasteiger partial charge in [-0.25, -0.2) is 0 Å². The molecule has 1 aromatic carbocycles. The van der Waals surface area contributed by atoms with E-state index in [0.717, 1.165) is 28.7 Å². The Bertz CT molecular complexity index is 599. The topological polar surface area (TPSA) is 64.1 Å². The number of nitrogens with zero attached hydrogens (tertiary/aromatic N) is 2. The van der Waals surface area contributed by atoms with Crippen LogP contribution in [-0.2, 0) is 0 Å². The smallest absolute Gasteiger partial charge is 0.257 e. The van der Waals surface area contributed by atoms with Crippen molar-refractivity contribution in [3.63, 3.8) is 0 Å². The minimum atomic E-state index is -0.190. The Morgan fingerprint density at radius 2 is 2.00 bits per heavy atom. The highest BCUT2D eigenvalue weighted by Crippen LogP contribution is 2.26. The van der Waals surface area contributed by atoms with Crippen LogP contribution in [0.1, 0.15) is 37.0 Å². The third kappa shape index (κ3) is 4.99. The van der Waals surface area contributed by atoms with Crippen LogP contribution >= 0.6 is 23.1 Å². The van der Waals surface area contributed by atoms with Gasteiger partial charge in [0.2, 0.25) is 5.13 Å². The lowest BCUT2D eigenvalue weighted by molar-refractivity contribution is 0.102. The van der Waals surface area contributed by atoms with Crippen LogP contribution in [0.3, 0.4) is 0 Å². The summed E-state index contributed by atoms with van der Waals surface area (Å²) < 4.78 is 6.37. The molecule has 1 heterocycles. The number of aromatic nitrogens is 2. The van der Waals surface area contributed by atoms with E-state index in [2.05, 4.69) is 29.4 Å². The first kappa shape index (κ1) is 16.8. The van der Waals surface area contributed by atoms with Gasteiger partial charge < -0.3 is 4.74 Å². The van der Waals surface area contributed by atoms with Crippen LogP contribution in [-0.4, -0.2) is 28.5 Å². The van der Waals surface area contributed by atoms with Gasteiger partial charge in [-0.3, -0.25) is 10.1 Å². The van der Waals surface area contributed by atoms with Gasteiger partial charge >= 0.3 is 0 Å². The van der Waals surface area contributed by atoms with Crippen molar-refractivity contribution in [3.05, 3.63) is 29.8 Å². The number of rotatable bonds is 8. The number of amides is 1. The van der Waals surface area contributed by atoms with Crippen molar-refractivity contribution in [2.45, 2.75) is 31.0 Å². The van der Waals surface area contributed by atoms with Crippen LogP contribution in [0.2, 0.25) is 0 Å². The molecule has 0 saturated heterocycles. The van der Waals surface area contributed by atoms with Crippen molar-refractivity contribution in [3.8, 4) is 5.75 Å². The van der Waals surface area contributed by atoms with Crippen LogP contribution in [0, 0.1) is 0 Å². The lowest BCUT2D eigenvalue weighted by Crippen LogP contribution is -2.11. The normalized spacial score (nSPS) is 10.5. The fraction of sp³-hybridized carbons (Fsp3) is 0.400. The summed E-state index contributed by atoms with van der Waals surface area (Å²) in [6.07, 6.45) is 2.04. The van der Waals surface area contributed by atoms with E-state index in [0.29, 0.717) is 17.3 Å². The fourth-order valence-corrected chi connectivity index (χ4v) is 3.27. The van der Waals surface area contributed by atoms with Crippen molar-refractivity contribution in [2.75, 3.05) is 17.7 Å². The molecule has 118 valence electrons. The Morgan fingerprint density at radius 1 is 1.23 bits per heavy atom. The summed E-state index contributed by atoms with van der Waals surface area (Å²) in [6.45, 7) is 4.84. The summed E-state index contributed by atoms with van der Waals surface area (Å²) in [5.74, 6) is 1.58. The van der Waals surface area contributed by atoms with Crippen LogP contribution in [0.4, 0.5) is 5.13 Å². The lowest BCUT2D eigenvalue weighted by Gasteiger charge is -2.05. The lowest BCUT2D eigenvalue weighted by atomic mass is 10.2. The van der Waals surface area contributed by atoms with Gasteiger partial charge in [0.05, 0.1) is 6.61 Å². The number of carbonyl (C=O) groups is 1. The molecule has 1 aromatic heterocycles. The number of thioether (sulfide) groups is 1. The standard InChI is InChI=1S/C15H19N3O2S2/c1-3-9-20-12-7-5-11(6-8-12)13(19)16-14-17-18-15(22-14)21-10-4-2/h5-8H,3-4,9-10H2,1-2H3,(H,16,17,19). The highest BCUT2D eigenvalue weighted by atomic mass is 32.2. The molecule has 0 saturated carbocycles. The molecule has 0 radical (unpaired) electrons. The number of benzene rings is 1. The zero-order valence-electron chi connectivity index (χ0n) is 12.7. The maximum absolute atomic E-state index is 12.1. The average Bonchev–Trinajstić information content (AvgIpc) is 2.98. The number of hydrogen-bond acceptors (Lipinski definition) is 6. The monoisotopic (exact) mass is 337 g/mol. The Hall–Kier alpha value is -1.60. The van der Waals surface area contributed by atoms with Gasteiger partial charge in [0.25, 0.3) is 5.91 Å². The quantitative estimate of drug-likeness (QED) is 0.581. The second-order valence-corrected chi connectivity index (χ2v) is 6.87. The second-order valence-electron chi connectivity index (χ2n) is 4.55. The van der Waals surface area contributed by atoms with Crippen molar-refractivity contribution in [1.29, 1.82) is 0 Å². The molecule has 0 atom stereocenters. The molecule has 0 aliphatic heterocycles. The summed E-state index contributed by atoms with van der Waals surface area (Å²) in [6, 6.07) is 7.09. The number of carbonyl (C=O) groups excluding carboxylic acids is 1. The summed E-state index contributed by atoms with van der Waals surface area (Å²) in [5.41, 5.74) is 0.571. The van der Waals surface area contributed by atoms with E-state index < -0.39 is 0 Å². The predicted octanol–water partition coefficient (Wildman–Crippen LogP) is 4.08. The van der Waals surface area contributed by atoms with Gasteiger partial charge in [0, 0.05) is 11.3 Å². The van der Waals surface area contributed by atoms with Gasteiger partial charge in [-0.15, -0.1) is 10.2 Å². The van der Waals surface area contributed by atoms with Crippen LogP contribution in [0.5, 0.6) is 5.75 Å². The fourth-order valence-electron chi connectivity index (χ4n) is 1.60. The van der Waals surface area contributed by atoms with E-state index in [1.165, 1.54) is 11.3 Å². The largest absolute Gasteiger partial charge is 0.494 e. The highest BCUT2D eigenvalue weighted by molar-refractivity contribution is 8.01. The number of nitrogens with one attached hydrogen (secondary N) is 1. The zero-order chi connectivity index (χ0) is 15.8. The third-order valence-electron chi connectivity index (χ3n) is 2.65. The van der Waals surface area contributed by atoms with E-state index >= 15 is 0 Å². The Morgan fingerprint density at radius 3 is 2.68 bits per heavy atom. The molecule has 22 heavy (non-hydrogen) atoms. The molecule has 0 aliphatic rings. The van der Waals surface area contributed by atoms with Gasteiger partial charge in [-0.05, 0) is 37.1 Å². The summed E-state index contributed by atoms with van der Waals surface area (Å²) in [4.78, 5) is 12.1. The Labute approximate surface area is 138 Å². The maximum atomic E-state index is 12.1. The second kappa shape index (κ2) is 8.75. The predicted molar refractivity (Wildman–Crippen MR) is 91.1 cm³/mol. The first-order valence-corrected chi connectivity index (χ1v) is 9.03. The molecule has 0 spiro atoms.